The first-order valence-electron chi connectivity index (χ1n) is 6.16. The molecule has 0 saturated heterocycles. The molecule has 0 radical (unpaired) electrons. The minimum atomic E-state index is -1.13. The van der Waals surface area contributed by atoms with Crippen molar-refractivity contribution in [2.45, 2.75) is 0 Å². The number of hydrogen-bond acceptors (Lipinski definition) is 3. The monoisotopic (exact) mass is 282 g/mol. The van der Waals surface area contributed by atoms with Gasteiger partial charge in [0.2, 0.25) is 0 Å². The zero-order valence-corrected chi connectivity index (χ0v) is 10.8. The van der Waals surface area contributed by atoms with Gasteiger partial charge in [-0.2, -0.15) is 0 Å². The van der Waals surface area contributed by atoms with E-state index in [2.05, 4.69) is 0 Å². The smallest absolute Gasteiger partial charge is 0.416 e. The molecule has 0 aliphatic carbocycles. The van der Waals surface area contributed by atoms with Gasteiger partial charge >= 0.3 is 6.09 Å². The number of aromatic nitrogens is 1. The summed E-state index contributed by atoms with van der Waals surface area (Å²) >= 11 is 0. The lowest BCUT2D eigenvalue weighted by molar-refractivity contribution is -0.384. The van der Waals surface area contributed by atoms with Crippen molar-refractivity contribution in [1.82, 2.24) is 4.57 Å². The second kappa shape index (κ2) is 4.75. The number of carboxylic acid groups (broad SMARTS) is 1. The summed E-state index contributed by atoms with van der Waals surface area (Å²) in [6, 6.07) is 14.8. The molecule has 6 heteroatoms. The molecule has 0 bridgehead atoms. The first kappa shape index (κ1) is 12.9. The van der Waals surface area contributed by atoms with Crippen LogP contribution in [0.5, 0.6) is 0 Å². The molecular formula is C15H10N2O4. The highest BCUT2D eigenvalue weighted by atomic mass is 16.6. The maximum Gasteiger partial charge on any atom is 0.416 e. The van der Waals surface area contributed by atoms with E-state index in [0.29, 0.717) is 16.6 Å². The van der Waals surface area contributed by atoms with Crippen LogP contribution in [0.4, 0.5) is 10.5 Å². The van der Waals surface area contributed by atoms with Crippen molar-refractivity contribution in [2.75, 3.05) is 0 Å². The van der Waals surface area contributed by atoms with Crippen LogP contribution >= 0.6 is 0 Å². The number of nitro groups is 1. The van der Waals surface area contributed by atoms with Gasteiger partial charge in [0, 0.05) is 17.5 Å². The minimum absolute atomic E-state index is 0.0651. The summed E-state index contributed by atoms with van der Waals surface area (Å²) in [6.07, 6.45) is -1.13. The van der Waals surface area contributed by atoms with Crippen molar-refractivity contribution in [2.24, 2.45) is 0 Å². The predicted octanol–water partition coefficient (Wildman–Crippen LogP) is 3.74. The molecular weight excluding hydrogens is 272 g/mol. The number of hydrogen-bond donors (Lipinski definition) is 1. The van der Waals surface area contributed by atoms with Gasteiger partial charge in [0.25, 0.3) is 5.69 Å². The maximum absolute atomic E-state index is 11.5. The van der Waals surface area contributed by atoms with Crippen molar-refractivity contribution in [3.05, 3.63) is 64.7 Å². The lowest BCUT2D eigenvalue weighted by Gasteiger charge is -2.04. The predicted molar refractivity (Wildman–Crippen MR) is 77.5 cm³/mol. The standard InChI is InChI=1S/C15H10N2O4/c18-15(19)16-13-7-6-12(17(20)21)8-11(13)9-14(16)10-4-2-1-3-5-10/h1-9H,(H,18,19). The Labute approximate surface area is 119 Å². The van der Waals surface area contributed by atoms with Crippen LogP contribution in [-0.2, 0) is 0 Å². The van der Waals surface area contributed by atoms with Crippen LogP contribution < -0.4 is 0 Å². The molecule has 21 heavy (non-hydrogen) atoms. The van der Waals surface area contributed by atoms with Crippen molar-refractivity contribution in [1.29, 1.82) is 0 Å². The van der Waals surface area contributed by atoms with Crippen LogP contribution in [0.1, 0.15) is 0 Å². The molecule has 0 fully saturated rings. The highest BCUT2D eigenvalue weighted by Crippen LogP contribution is 2.30. The summed E-state index contributed by atoms with van der Waals surface area (Å²) in [7, 11) is 0. The highest BCUT2D eigenvalue weighted by Gasteiger charge is 2.17. The third kappa shape index (κ3) is 2.12. The summed E-state index contributed by atoms with van der Waals surface area (Å²) in [5, 5.41) is 20.8. The Kier molecular flexibility index (Phi) is 2.91. The first-order valence-corrected chi connectivity index (χ1v) is 6.16. The van der Waals surface area contributed by atoms with E-state index in [9.17, 15) is 20.0 Å². The van der Waals surface area contributed by atoms with Gasteiger partial charge in [-0.25, -0.2) is 9.36 Å². The van der Waals surface area contributed by atoms with Gasteiger partial charge < -0.3 is 5.11 Å². The van der Waals surface area contributed by atoms with Crippen LogP contribution in [0.15, 0.2) is 54.6 Å². The molecule has 6 nitrogen and oxygen atoms in total. The molecule has 104 valence electrons. The average molecular weight is 282 g/mol. The van der Waals surface area contributed by atoms with E-state index < -0.39 is 11.0 Å². The van der Waals surface area contributed by atoms with E-state index in [-0.39, 0.29) is 5.69 Å². The van der Waals surface area contributed by atoms with E-state index in [1.165, 1.54) is 18.2 Å². The fourth-order valence-corrected chi connectivity index (χ4v) is 2.34. The third-order valence-electron chi connectivity index (χ3n) is 3.26. The molecule has 0 saturated carbocycles. The van der Waals surface area contributed by atoms with Crippen LogP contribution in [0.25, 0.3) is 22.2 Å². The quantitative estimate of drug-likeness (QED) is 0.573. The SMILES string of the molecule is O=C(O)n1c(-c2ccccc2)cc2cc([N+](=O)[O-])ccc21. The van der Waals surface area contributed by atoms with Gasteiger partial charge in [-0.15, -0.1) is 0 Å². The summed E-state index contributed by atoms with van der Waals surface area (Å²) in [4.78, 5) is 21.8. The van der Waals surface area contributed by atoms with Crippen LogP contribution in [0.3, 0.4) is 0 Å². The van der Waals surface area contributed by atoms with E-state index in [4.69, 9.17) is 0 Å². The molecule has 0 spiro atoms. The fraction of sp³-hybridized carbons (Fsp3) is 0. The molecule has 0 aliphatic rings. The normalized spacial score (nSPS) is 10.7. The number of nitrogens with zero attached hydrogens (tertiary/aromatic N) is 2. The Morgan fingerprint density at radius 1 is 1.10 bits per heavy atom. The lowest BCUT2D eigenvalue weighted by Crippen LogP contribution is -2.08. The molecule has 0 unspecified atom stereocenters. The largest absolute Gasteiger partial charge is 0.464 e. The average Bonchev–Trinajstić information content (AvgIpc) is 2.86. The second-order valence-corrected chi connectivity index (χ2v) is 4.51. The number of benzene rings is 2. The Bertz CT molecular complexity index is 853. The van der Waals surface area contributed by atoms with E-state index in [1.807, 2.05) is 18.2 Å². The Morgan fingerprint density at radius 3 is 2.43 bits per heavy atom. The molecule has 1 heterocycles. The molecule has 1 aromatic heterocycles. The van der Waals surface area contributed by atoms with Gasteiger partial charge in [0.15, 0.2) is 0 Å². The van der Waals surface area contributed by atoms with E-state index >= 15 is 0 Å². The Hall–Kier alpha value is -3.15. The zero-order valence-electron chi connectivity index (χ0n) is 10.8. The topological polar surface area (TPSA) is 85.4 Å². The molecule has 3 aromatic rings. The number of nitro benzene ring substituents is 1. The summed E-state index contributed by atoms with van der Waals surface area (Å²) in [6.45, 7) is 0. The number of rotatable bonds is 2. The lowest BCUT2D eigenvalue weighted by atomic mass is 10.1. The van der Waals surface area contributed by atoms with Crippen LogP contribution in [-0.4, -0.2) is 20.7 Å². The second-order valence-electron chi connectivity index (χ2n) is 4.51. The van der Waals surface area contributed by atoms with Crippen LogP contribution in [0.2, 0.25) is 0 Å². The summed E-state index contributed by atoms with van der Waals surface area (Å²) < 4.78 is 1.13. The van der Waals surface area contributed by atoms with Crippen LogP contribution in [0, 0.1) is 10.1 Å². The molecule has 0 aliphatic heterocycles. The molecule has 1 N–H and O–H groups in total. The third-order valence-corrected chi connectivity index (χ3v) is 3.26. The highest BCUT2D eigenvalue weighted by molar-refractivity contribution is 5.96. The minimum Gasteiger partial charge on any atom is -0.464 e. The Balaban J connectivity index is 2.31. The van der Waals surface area contributed by atoms with Crippen molar-refractivity contribution in [3.8, 4) is 11.3 Å². The molecule has 0 atom stereocenters. The maximum atomic E-state index is 11.5. The van der Waals surface area contributed by atoms with Gasteiger partial charge in [-0.3, -0.25) is 10.1 Å². The van der Waals surface area contributed by atoms with E-state index in [1.54, 1.807) is 18.2 Å². The van der Waals surface area contributed by atoms with Crippen molar-refractivity contribution >= 4 is 22.7 Å². The van der Waals surface area contributed by atoms with Gasteiger partial charge in [-0.05, 0) is 17.7 Å². The number of carbonyl (C=O) groups is 1. The van der Waals surface area contributed by atoms with E-state index in [0.717, 1.165) is 10.1 Å². The number of fused-ring (bicyclic) bond motifs is 1. The number of non-ortho nitro benzene ring substituents is 1. The van der Waals surface area contributed by atoms with Gasteiger partial charge in [-0.1, -0.05) is 30.3 Å². The summed E-state index contributed by atoms with van der Waals surface area (Å²) in [5.41, 5.74) is 1.58. The molecule has 3 rings (SSSR count). The van der Waals surface area contributed by atoms with Gasteiger partial charge in [0.05, 0.1) is 16.1 Å². The molecule has 2 aromatic carbocycles. The fourth-order valence-electron chi connectivity index (χ4n) is 2.34. The Morgan fingerprint density at radius 2 is 1.81 bits per heavy atom. The van der Waals surface area contributed by atoms with Crippen molar-refractivity contribution in [3.63, 3.8) is 0 Å². The van der Waals surface area contributed by atoms with Crippen molar-refractivity contribution < 1.29 is 14.8 Å². The zero-order chi connectivity index (χ0) is 15.0. The first-order chi connectivity index (χ1) is 10.1. The molecule has 0 amide bonds. The van der Waals surface area contributed by atoms with Gasteiger partial charge in [0.1, 0.15) is 0 Å². The summed E-state index contributed by atoms with van der Waals surface area (Å²) in [5.74, 6) is 0.